The largest absolute Gasteiger partial charge is 0.340 e. The van der Waals surface area contributed by atoms with Crippen molar-refractivity contribution in [2.24, 2.45) is 0 Å². The van der Waals surface area contributed by atoms with Crippen molar-refractivity contribution in [3.05, 3.63) is 40.0 Å². The summed E-state index contributed by atoms with van der Waals surface area (Å²) in [5.41, 5.74) is 1.38. The summed E-state index contributed by atoms with van der Waals surface area (Å²) in [5, 5.41) is 8.55. The predicted molar refractivity (Wildman–Crippen MR) is 106 cm³/mol. The molecule has 3 aromatic rings. The number of carbonyl (C=O) groups is 1. The lowest BCUT2D eigenvalue weighted by molar-refractivity contribution is -0.131. The maximum absolute atomic E-state index is 13.5. The molecule has 0 radical (unpaired) electrons. The molecule has 1 amide bonds. The summed E-state index contributed by atoms with van der Waals surface area (Å²) in [7, 11) is 1.60. The van der Waals surface area contributed by atoms with Gasteiger partial charge in [-0.25, -0.2) is 27.2 Å². The van der Waals surface area contributed by atoms with Gasteiger partial charge in [-0.05, 0) is 33.8 Å². The van der Waals surface area contributed by atoms with E-state index in [0.29, 0.717) is 19.2 Å². The van der Waals surface area contributed by atoms with E-state index >= 15 is 0 Å². The zero-order chi connectivity index (χ0) is 23.0. The quantitative estimate of drug-likeness (QED) is 0.519. The van der Waals surface area contributed by atoms with Crippen molar-refractivity contribution >= 4 is 16.9 Å². The maximum atomic E-state index is 13.5. The fourth-order valence-corrected chi connectivity index (χ4v) is 3.65. The van der Waals surface area contributed by atoms with Gasteiger partial charge in [0.15, 0.2) is 5.65 Å². The van der Waals surface area contributed by atoms with Crippen LogP contribution in [-0.4, -0.2) is 42.4 Å². The number of aromatic nitrogens is 5. The first-order chi connectivity index (χ1) is 14.5. The molecule has 31 heavy (non-hydrogen) atoms. The highest BCUT2D eigenvalue weighted by atomic mass is 19.3. The molecule has 0 bridgehead atoms. The second-order valence-electron chi connectivity index (χ2n) is 7.39. The number of amides is 1. The molecule has 0 fully saturated rings. The lowest BCUT2D eigenvalue weighted by atomic mass is 10.1. The Bertz CT molecular complexity index is 1120. The molecular formula is C20H24F4N6O. The van der Waals surface area contributed by atoms with Crippen molar-refractivity contribution in [1.82, 2.24) is 29.4 Å². The maximum Gasteiger partial charge on any atom is 0.280 e. The lowest BCUT2D eigenvalue weighted by Gasteiger charge is -2.18. The van der Waals surface area contributed by atoms with Crippen LogP contribution in [0.25, 0.3) is 11.0 Å². The van der Waals surface area contributed by atoms with E-state index in [9.17, 15) is 22.4 Å². The van der Waals surface area contributed by atoms with Gasteiger partial charge in [0.1, 0.15) is 12.2 Å². The van der Waals surface area contributed by atoms with E-state index in [-0.39, 0.29) is 29.2 Å². The number of aryl methyl sites for hydroxylation is 3. The minimum atomic E-state index is -3.02. The third kappa shape index (κ3) is 4.26. The third-order valence-corrected chi connectivity index (χ3v) is 5.32. The number of alkyl halides is 4. The summed E-state index contributed by atoms with van der Waals surface area (Å²) in [6, 6.07) is 0.696. The predicted octanol–water partition coefficient (Wildman–Crippen LogP) is 4.11. The number of nitrogens with zero attached hydrogens (tertiary/aromatic N) is 6. The average Bonchev–Trinajstić information content (AvgIpc) is 3.17. The highest BCUT2D eigenvalue weighted by Crippen LogP contribution is 2.32. The van der Waals surface area contributed by atoms with E-state index in [2.05, 4.69) is 15.2 Å². The SMILES string of the molecule is CCn1nc(C)c(CN(C)C(=O)Cn2nc(C)c3c(C(F)F)cc(C(F)F)nc32)c1C. The van der Waals surface area contributed by atoms with Gasteiger partial charge in [-0.2, -0.15) is 10.2 Å². The summed E-state index contributed by atoms with van der Waals surface area (Å²) in [4.78, 5) is 18.1. The van der Waals surface area contributed by atoms with Crippen molar-refractivity contribution in [2.45, 2.75) is 60.2 Å². The Morgan fingerprint density at radius 3 is 2.26 bits per heavy atom. The van der Waals surface area contributed by atoms with Gasteiger partial charge in [-0.1, -0.05) is 0 Å². The number of likely N-dealkylation sites (N-methyl/N-ethyl adjacent to an activating group) is 1. The van der Waals surface area contributed by atoms with Crippen molar-refractivity contribution < 1.29 is 22.4 Å². The monoisotopic (exact) mass is 440 g/mol. The Morgan fingerprint density at radius 1 is 1.06 bits per heavy atom. The molecular weight excluding hydrogens is 416 g/mol. The molecule has 11 heteroatoms. The Morgan fingerprint density at radius 2 is 1.71 bits per heavy atom. The number of rotatable bonds is 7. The Kier molecular flexibility index (Phi) is 6.33. The summed E-state index contributed by atoms with van der Waals surface area (Å²) >= 11 is 0. The van der Waals surface area contributed by atoms with Gasteiger partial charge < -0.3 is 4.90 Å². The standard InChI is InChI=1S/C20H24F4N6O/c1-6-29-12(4)14(10(2)26-29)8-28(5)16(31)9-30-20-17(11(3)27-30)13(18(21)22)7-15(25-20)19(23)24/h7,18-19H,6,8-9H2,1-5H3. The number of halogens is 4. The molecule has 0 spiro atoms. The Balaban J connectivity index is 1.92. The number of fused-ring (bicyclic) bond motifs is 1. The molecule has 0 N–H and O–H groups in total. The summed E-state index contributed by atoms with van der Waals surface area (Å²) in [5.74, 6) is -0.365. The minimum Gasteiger partial charge on any atom is -0.340 e. The second kappa shape index (κ2) is 8.64. The molecule has 0 aliphatic rings. The molecule has 3 rings (SSSR count). The smallest absolute Gasteiger partial charge is 0.280 e. The van der Waals surface area contributed by atoms with Crippen LogP contribution in [0.3, 0.4) is 0 Å². The third-order valence-electron chi connectivity index (χ3n) is 5.32. The van der Waals surface area contributed by atoms with E-state index < -0.39 is 24.1 Å². The van der Waals surface area contributed by atoms with Crippen LogP contribution in [0.1, 0.15) is 53.7 Å². The van der Waals surface area contributed by atoms with Gasteiger partial charge in [0.05, 0.1) is 16.8 Å². The first-order valence-corrected chi connectivity index (χ1v) is 9.76. The molecule has 0 saturated carbocycles. The van der Waals surface area contributed by atoms with Crippen LogP contribution < -0.4 is 0 Å². The zero-order valence-corrected chi connectivity index (χ0v) is 18.0. The normalized spacial score (nSPS) is 11.8. The molecule has 168 valence electrons. The Hall–Kier alpha value is -2.98. The number of hydrogen-bond acceptors (Lipinski definition) is 4. The number of carbonyl (C=O) groups excluding carboxylic acids is 1. The van der Waals surface area contributed by atoms with E-state index in [0.717, 1.165) is 21.6 Å². The summed E-state index contributed by atoms with van der Waals surface area (Å²) in [6.45, 7) is 7.91. The molecule has 0 atom stereocenters. The Labute approximate surface area is 176 Å². The van der Waals surface area contributed by atoms with Gasteiger partial charge in [-0.15, -0.1) is 0 Å². The van der Waals surface area contributed by atoms with Crippen LogP contribution in [-0.2, 0) is 24.4 Å². The number of pyridine rings is 1. The molecule has 0 unspecified atom stereocenters. The zero-order valence-electron chi connectivity index (χ0n) is 18.0. The van der Waals surface area contributed by atoms with Crippen molar-refractivity contribution in [2.75, 3.05) is 7.05 Å². The van der Waals surface area contributed by atoms with Crippen LogP contribution in [0.4, 0.5) is 17.6 Å². The van der Waals surface area contributed by atoms with Gasteiger partial charge in [0.25, 0.3) is 12.9 Å². The van der Waals surface area contributed by atoms with Gasteiger partial charge in [-0.3, -0.25) is 9.48 Å². The second-order valence-corrected chi connectivity index (χ2v) is 7.39. The van der Waals surface area contributed by atoms with Gasteiger partial charge in [0.2, 0.25) is 5.91 Å². The van der Waals surface area contributed by atoms with Crippen LogP contribution >= 0.6 is 0 Å². The highest BCUT2D eigenvalue weighted by Gasteiger charge is 2.25. The summed E-state index contributed by atoms with van der Waals surface area (Å²) in [6.07, 6.45) is -6.00. The topological polar surface area (TPSA) is 68.8 Å². The van der Waals surface area contributed by atoms with E-state index in [1.54, 1.807) is 7.05 Å². The van der Waals surface area contributed by atoms with Crippen molar-refractivity contribution in [3.8, 4) is 0 Å². The molecule has 7 nitrogen and oxygen atoms in total. The van der Waals surface area contributed by atoms with Crippen molar-refractivity contribution in [3.63, 3.8) is 0 Å². The van der Waals surface area contributed by atoms with Gasteiger partial charge >= 0.3 is 0 Å². The fraction of sp³-hybridized carbons (Fsp3) is 0.500. The molecule has 0 aromatic carbocycles. The van der Waals surface area contributed by atoms with E-state index in [4.69, 9.17) is 0 Å². The fourth-order valence-electron chi connectivity index (χ4n) is 3.65. The highest BCUT2D eigenvalue weighted by molar-refractivity contribution is 5.84. The van der Waals surface area contributed by atoms with Crippen LogP contribution in [0.2, 0.25) is 0 Å². The molecule has 3 aromatic heterocycles. The molecule has 0 aliphatic heterocycles. The van der Waals surface area contributed by atoms with E-state index in [1.807, 2.05) is 25.5 Å². The summed E-state index contributed by atoms with van der Waals surface area (Å²) < 4.78 is 56.3. The lowest BCUT2D eigenvalue weighted by Crippen LogP contribution is -2.30. The van der Waals surface area contributed by atoms with E-state index in [1.165, 1.54) is 11.8 Å². The minimum absolute atomic E-state index is 0.00855. The van der Waals surface area contributed by atoms with Crippen LogP contribution in [0.15, 0.2) is 6.07 Å². The van der Waals surface area contributed by atoms with Gasteiger partial charge in [0, 0.05) is 37.0 Å². The molecule has 3 heterocycles. The molecule has 0 saturated heterocycles. The first kappa shape index (κ1) is 22.7. The molecule has 0 aliphatic carbocycles. The first-order valence-electron chi connectivity index (χ1n) is 9.76. The number of hydrogen-bond donors (Lipinski definition) is 0. The average molecular weight is 440 g/mol. The van der Waals surface area contributed by atoms with Crippen LogP contribution in [0, 0.1) is 20.8 Å². The van der Waals surface area contributed by atoms with Crippen LogP contribution in [0.5, 0.6) is 0 Å². The van der Waals surface area contributed by atoms with Crippen molar-refractivity contribution in [1.29, 1.82) is 0 Å².